The van der Waals surface area contributed by atoms with Crippen molar-refractivity contribution in [1.29, 1.82) is 0 Å². The van der Waals surface area contributed by atoms with Gasteiger partial charge in [0.1, 0.15) is 0 Å². The summed E-state index contributed by atoms with van der Waals surface area (Å²) in [6.07, 6.45) is 2.05. The number of hydrogen-bond donors (Lipinski definition) is 1. The molecule has 0 amide bonds. The van der Waals surface area contributed by atoms with E-state index in [2.05, 4.69) is 14.8 Å². The van der Waals surface area contributed by atoms with Gasteiger partial charge in [0, 0.05) is 13.0 Å². The lowest BCUT2D eigenvalue weighted by Crippen LogP contribution is -2.16. The summed E-state index contributed by atoms with van der Waals surface area (Å²) < 4.78 is 40.6. The number of halogens is 1. The van der Waals surface area contributed by atoms with Crippen LogP contribution in [0.2, 0.25) is 0 Å². The van der Waals surface area contributed by atoms with Gasteiger partial charge in [-0.15, -0.1) is 11.3 Å². The molecule has 19 heavy (non-hydrogen) atoms. The first kappa shape index (κ1) is 12.5. The molecule has 0 aliphatic heterocycles. The van der Waals surface area contributed by atoms with E-state index in [1.54, 1.807) is 7.05 Å². The van der Waals surface area contributed by atoms with E-state index in [4.69, 9.17) is 0 Å². The van der Waals surface area contributed by atoms with Crippen LogP contribution in [0.5, 0.6) is 0 Å². The van der Waals surface area contributed by atoms with Crippen LogP contribution in [-0.4, -0.2) is 23.2 Å². The van der Waals surface area contributed by atoms with Crippen molar-refractivity contribution in [1.82, 2.24) is 14.8 Å². The second kappa shape index (κ2) is 4.27. The number of aryl methyl sites for hydroxylation is 1. The van der Waals surface area contributed by atoms with E-state index in [0.29, 0.717) is 11.7 Å². The summed E-state index contributed by atoms with van der Waals surface area (Å²) in [5.41, 5.74) is 0. The zero-order valence-corrected chi connectivity index (χ0v) is 11.6. The number of rotatable bonds is 4. The summed E-state index contributed by atoms with van der Waals surface area (Å²) in [4.78, 5) is 4.14. The lowest BCUT2D eigenvalue weighted by Gasteiger charge is -2.04. The van der Waals surface area contributed by atoms with Crippen molar-refractivity contribution in [2.24, 2.45) is 7.05 Å². The molecule has 0 spiro atoms. The van der Waals surface area contributed by atoms with Gasteiger partial charge in [-0.3, -0.25) is 0 Å². The molecule has 0 bridgehead atoms. The Morgan fingerprint density at radius 2 is 2.26 bits per heavy atom. The number of hydrogen-bond acceptors (Lipinski definition) is 5. The summed E-state index contributed by atoms with van der Waals surface area (Å²) in [6.45, 7) is 0. The monoisotopic (exact) mass is 302 g/mol. The maximum Gasteiger partial charge on any atom is 0.276 e. The van der Waals surface area contributed by atoms with Gasteiger partial charge in [0.05, 0.1) is 0 Å². The maximum atomic E-state index is 13.3. The smallest absolute Gasteiger partial charge is 0.247 e. The molecule has 0 unspecified atom stereocenters. The largest absolute Gasteiger partial charge is 0.276 e. The lowest BCUT2D eigenvalue weighted by atomic mass is 10.4. The molecular weight excluding hydrogens is 291 g/mol. The van der Waals surface area contributed by atoms with Crippen molar-refractivity contribution in [3.63, 3.8) is 0 Å². The predicted octanol–water partition coefficient (Wildman–Crippen LogP) is 1.69. The fourth-order valence-electron chi connectivity index (χ4n) is 1.65. The van der Waals surface area contributed by atoms with Crippen LogP contribution in [0.4, 0.5) is 10.3 Å². The molecule has 1 saturated carbocycles. The van der Waals surface area contributed by atoms with E-state index in [9.17, 15) is 12.8 Å². The molecule has 1 aliphatic carbocycles. The van der Waals surface area contributed by atoms with E-state index in [-0.39, 0.29) is 10.2 Å². The molecule has 2 aromatic rings. The van der Waals surface area contributed by atoms with Gasteiger partial charge in [0.25, 0.3) is 10.0 Å². The van der Waals surface area contributed by atoms with Crippen molar-refractivity contribution in [3.8, 4) is 0 Å². The van der Waals surface area contributed by atoms with Gasteiger partial charge in [-0.2, -0.15) is 10.1 Å². The quantitative estimate of drug-likeness (QED) is 0.932. The number of aromatic nitrogens is 3. The molecule has 9 heteroatoms. The normalized spacial score (nSPS) is 15.7. The second-order valence-electron chi connectivity index (χ2n) is 4.35. The van der Waals surface area contributed by atoms with Crippen molar-refractivity contribution in [2.45, 2.75) is 23.0 Å². The Morgan fingerprint density at radius 3 is 2.84 bits per heavy atom. The molecule has 0 atom stereocenters. The molecule has 6 nitrogen and oxygen atoms in total. The fraction of sp³-hybridized carbons (Fsp3) is 0.400. The van der Waals surface area contributed by atoms with Crippen LogP contribution >= 0.6 is 11.3 Å². The summed E-state index contributed by atoms with van der Waals surface area (Å²) in [5.74, 6) is 0.298. The molecule has 102 valence electrons. The first-order valence-electron chi connectivity index (χ1n) is 5.64. The van der Waals surface area contributed by atoms with Crippen molar-refractivity contribution in [2.75, 3.05) is 4.72 Å². The van der Waals surface area contributed by atoms with Gasteiger partial charge < -0.3 is 0 Å². The number of nitrogens with zero attached hydrogens (tertiary/aromatic N) is 3. The standard InChI is InChI=1S/C10H11FN4O2S2/c1-15-10(12-8(13-15)6-2-3-6)14-19(16,17)9-7(11)4-5-18-9/h4-6H,2-3H2,1H3,(H,12,13,14). The highest BCUT2D eigenvalue weighted by atomic mass is 32.2. The Balaban J connectivity index is 1.90. The van der Waals surface area contributed by atoms with E-state index in [1.807, 2.05) is 0 Å². The number of thiophene rings is 1. The number of nitrogens with one attached hydrogen (secondary N) is 1. The minimum absolute atomic E-state index is 0.106. The van der Waals surface area contributed by atoms with Crippen LogP contribution in [-0.2, 0) is 17.1 Å². The highest BCUT2D eigenvalue weighted by Crippen LogP contribution is 2.38. The van der Waals surface area contributed by atoms with Crippen molar-refractivity contribution < 1.29 is 12.8 Å². The zero-order valence-electron chi connectivity index (χ0n) is 10.00. The van der Waals surface area contributed by atoms with Gasteiger partial charge in [0.15, 0.2) is 15.9 Å². The minimum atomic E-state index is -3.94. The summed E-state index contributed by atoms with van der Waals surface area (Å²) in [6, 6.07) is 1.12. The number of sulfonamides is 1. The predicted molar refractivity (Wildman–Crippen MR) is 68.1 cm³/mol. The minimum Gasteiger partial charge on any atom is -0.247 e. The molecule has 3 rings (SSSR count). The topological polar surface area (TPSA) is 76.9 Å². The summed E-state index contributed by atoms with van der Waals surface area (Å²) in [5, 5.41) is 5.53. The summed E-state index contributed by atoms with van der Waals surface area (Å²) in [7, 11) is -2.35. The van der Waals surface area contributed by atoms with E-state index in [0.717, 1.165) is 30.2 Å². The maximum absolute atomic E-state index is 13.3. The Labute approximate surface area is 113 Å². The SMILES string of the molecule is Cn1nc(C2CC2)nc1NS(=O)(=O)c1sccc1F. The Hall–Kier alpha value is -1.48. The van der Waals surface area contributed by atoms with Gasteiger partial charge in [0.2, 0.25) is 5.95 Å². The van der Waals surface area contributed by atoms with Gasteiger partial charge in [-0.1, -0.05) is 0 Å². The fourth-order valence-corrected chi connectivity index (χ4v) is 3.77. The van der Waals surface area contributed by atoms with Crippen LogP contribution in [0.1, 0.15) is 24.6 Å². The van der Waals surface area contributed by atoms with Crippen molar-refractivity contribution >= 4 is 27.3 Å². The average molecular weight is 302 g/mol. The van der Waals surface area contributed by atoms with E-state index in [1.165, 1.54) is 10.1 Å². The third-order valence-corrected chi connectivity index (χ3v) is 5.54. The Bertz CT molecular complexity index is 718. The Morgan fingerprint density at radius 1 is 1.53 bits per heavy atom. The highest BCUT2D eigenvalue weighted by Gasteiger charge is 2.30. The molecule has 2 aromatic heterocycles. The molecule has 2 heterocycles. The summed E-state index contributed by atoms with van der Waals surface area (Å²) >= 11 is 0.824. The van der Waals surface area contributed by atoms with E-state index < -0.39 is 15.8 Å². The first-order valence-corrected chi connectivity index (χ1v) is 8.00. The number of anilines is 1. The van der Waals surface area contributed by atoms with Crippen LogP contribution in [0.3, 0.4) is 0 Å². The lowest BCUT2D eigenvalue weighted by molar-refractivity contribution is 0.578. The molecule has 1 N–H and O–H groups in total. The first-order chi connectivity index (χ1) is 8.97. The van der Waals surface area contributed by atoms with Crippen LogP contribution in [0.25, 0.3) is 0 Å². The third kappa shape index (κ3) is 2.35. The molecule has 0 saturated heterocycles. The van der Waals surface area contributed by atoms with Gasteiger partial charge >= 0.3 is 0 Å². The van der Waals surface area contributed by atoms with Crippen molar-refractivity contribution in [3.05, 3.63) is 23.1 Å². The zero-order chi connectivity index (χ0) is 13.6. The third-order valence-electron chi connectivity index (χ3n) is 2.78. The van der Waals surface area contributed by atoms with Gasteiger partial charge in [-0.25, -0.2) is 22.2 Å². The van der Waals surface area contributed by atoms with Crippen LogP contribution in [0, 0.1) is 5.82 Å². The molecule has 1 aliphatic rings. The molecule has 0 aromatic carbocycles. The molecule has 0 radical (unpaired) electrons. The second-order valence-corrected chi connectivity index (χ2v) is 7.15. The van der Waals surface area contributed by atoms with E-state index >= 15 is 0 Å². The molecular formula is C10H11FN4O2S2. The highest BCUT2D eigenvalue weighted by molar-refractivity contribution is 7.94. The molecule has 1 fully saturated rings. The van der Waals surface area contributed by atoms with Gasteiger partial charge in [-0.05, 0) is 24.3 Å². The van der Waals surface area contributed by atoms with Crippen LogP contribution < -0.4 is 4.72 Å². The van der Waals surface area contributed by atoms with Crippen LogP contribution in [0.15, 0.2) is 15.7 Å². The average Bonchev–Trinajstić information content (AvgIpc) is 2.99. The Kier molecular flexibility index (Phi) is 2.82.